The maximum atomic E-state index is 11.7. The average Bonchev–Trinajstić information content (AvgIpc) is 2.92. The monoisotopic (exact) mass is 237 g/mol. The van der Waals surface area contributed by atoms with E-state index >= 15 is 0 Å². The number of aromatic nitrogens is 2. The number of carbonyl (C=O) groups excluding carboxylic acids is 1. The van der Waals surface area contributed by atoms with Gasteiger partial charge in [0.1, 0.15) is 0 Å². The molecular weight excluding hydrogens is 222 g/mol. The van der Waals surface area contributed by atoms with Crippen LogP contribution in [0.4, 0.5) is 0 Å². The van der Waals surface area contributed by atoms with E-state index in [4.69, 9.17) is 5.11 Å². The van der Waals surface area contributed by atoms with Crippen molar-refractivity contribution in [1.82, 2.24) is 15.1 Å². The van der Waals surface area contributed by atoms with Crippen molar-refractivity contribution in [2.24, 2.45) is 11.8 Å². The lowest BCUT2D eigenvalue weighted by atomic mass is 10.2. The third kappa shape index (κ3) is 2.83. The predicted octanol–water partition coefficient (Wildman–Crippen LogP) is 0.108. The summed E-state index contributed by atoms with van der Waals surface area (Å²) in [6.45, 7) is 2.46. The Kier molecular flexibility index (Phi) is 3.12. The largest absolute Gasteiger partial charge is 0.481 e. The molecule has 1 aliphatic carbocycles. The highest BCUT2D eigenvalue weighted by molar-refractivity contribution is 5.89. The molecule has 6 nitrogen and oxygen atoms in total. The lowest BCUT2D eigenvalue weighted by Crippen LogP contribution is -2.37. The Bertz CT molecular complexity index is 416. The summed E-state index contributed by atoms with van der Waals surface area (Å²) in [5.74, 6) is -1.90. The van der Waals surface area contributed by atoms with Crippen molar-refractivity contribution >= 4 is 11.9 Å². The van der Waals surface area contributed by atoms with Crippen molar-refractivity contribution in [2.75, 3.05) is 0 Å². The Morgan fingerprint density at radius 2 is 2.35 bits per heavy atom. The minimum absolute atomic E-state index is 0.0579. The lowest BCUT2D eigenvalue weighted by Gasteiger charge is -2.13. The van der Waals surface area contributed by atoms with Crippen molar-refractivity contribution in [3.05, 3.63) is 18.5 Å². The third-order valence-electron chi connectivity index (χ3n) is 2.85. The summed E-state index contributed by atoms with van der Waals surface area (Å²) in [5, 5.41) is 15.6. The highest BCUT2D eigenvalue weighted by atomic mass is 16.4. The van der Waals surface area contributed by atoms with E-state index in [2.05, 4.69) is 10.4 Å². The molecule has 0 aliphatic heterocycles. The highest BCUT2D eigenvalue weighted by Crippen LogP contribution is 2.38. The number of aliphatic carboxylic acids is 1. The quantitative estimate of drug-likeness (QED) is 0.761. The molecule has 6 heteroatoms. The van der Waals surface area contributed by atoms with Crippen molar-refractivity contribution in [2.45, 2.75) is 25.9 Å². The second-order valence-electron chi connectivity index (χ2n) is 4.42. The van der Waals surface area contributed by atoms with Crippen molar-refractivity contribution < 1.29 is 14.7 Å². The topological polar surface area (TPSA) is 84.2 Å². The zero-order valence-electron chi connectivity index (χ0n) is 9.54. The second-order valence-corrected chi connectivity index (χ2v) is 4.42. The van der Waals surface area contributed by atoms with Gasteiger partial charge in [0.25, 0.3) is 0 Å². The summed E-state index contributed by atoms with van der Waals surface area (Å²) < 4.78 is 1.73. The molecule has 17 heavy (non-hydrogen) atoms. The summed E-state index contributed by atoms with van der Waals surface area (Å²) >= 11 is 0. The number of rotatable bonds is 5. The van der Waals surface area contributed by atoms with Gasteiger partial charge in [0.2, 0.25) is 5.91 Å². The molecule has 1 aliphatic rings. The van der Waals surface area contributed by atoms with Crippen molar-refractivity contribution in [1.29, 1.82) is 0 Å². The number of amides is 1. The first-order valence-electron chi connectivity index (χ1n) is 5.58. The van der Waals surface area contributed by atoms with Crippen LogP contribution in [0.5, 0.6) is 0 Å². The molecule has 92 valence electrons. The number of carboxylic acid groups (broad SMARTS) is 1. The van der Waals surface area contributed by atoms with Gasteiger partial charge in [-0.2, -0.15) is 5.10 Å². The zero-order chi connectivity index (χ0) is 12.4. The molecule has 0 aromatic carbocycles. The summed E-state index contributed by atoms with van der Waals surface area (Å²) in [6.07, 6.45) is 3.95. The van der Waals surface area contributed by atoms with Gasteiger partial charge < -0.3 is 10.4 Å². The molecule has 0 radical (unpaired) electrons. The smallest absolute Gasteiger partial charge is 0.307 e. The Hall–Kier alpha value is -1.85. The van der Waals surface area contributed by atoms with Gasteiger partial charge in [-0.05, 0) is 19.4 Å². The Balaban J connectivity index is 1.78. The molecule has 1 aromatic heterocycles. The van der Waals surface area contributed by atoms with Crippen LogP contribution in [0.3, 0.4) is 0 Å². The van der Waals surface area contributed by atoms with Crippen LogP contribution in [0.1, 0.15) is 13.3 Å². The summed E-state index contributed by atoms with van der Waals surface area (Å²) in [4.78, 5) is 22.3. The third-order valence-corrected chi connectivity index (χ3v) is 2.85. The summed E-state index contributed by atoms with van der Waals surface area (Å²) in [5.41, 5.74) is 0. The van der Waals surface area contributed by atoms with Crippen LogP contribution in [0, 0.1) is 11.8 Å². The first kappa shape index (κ1) is 11.6. The fourth-order valence-electron chi connectivity index (χ4n) is 1.84. The van der Waals surface area contributed by atoms with Crippen LogP contribution in [-0.2, 0) is 16.1 Å². The summed E-state index contributed by atoms with van der Waals surface area (Å²) in [6, 6.07) is 1.76. The van der Waals surface area contributed by atoms with Crippen LogP contribution in [0.25, 0.3) is 0 Å². The van der Waals surface area contributed by atoms with Crippen molar-refractivity contribution in [3.8, 4) is 0 Å². The molecule has 2 rings (SSSR count). The van der Waals surface area contributed by atoms with Gasteiger partial charge >= 0.3 is 5.97 Å². The molecule has 0 saturated heterocycles. The van der Waals surface area contributed by atoms with E-state index < -0.39 is 11.9 Å². The molecule has 1 saturated carbocycles. The van der Waals surface area contributed by atoms with E-state index in [1.165, 1.54) is 0 Å². The number of nitrogens with one attached hydrogen (secondary N) is 1. The SMILES string of the molecule is CC(Cn1cccn1)NC(=O)C1CC1C(=O)O. The molecule has 1 aromatic rings. The molecule has 1 amide bonds. The minimum atomic E-state index is -0.884. The second kappa shape index (κ2) is 4.57. The number of hydrogen-bond donors (Lipinski definition) is 2. The maximum Gasteiger partial charge on any atom is 0.307 e. The van der Waals surface area contributed by atoms with Gasteiger partial charge in [0.05, 0.1) is 18.4 Å². The number of nitrogens with zero attached hydrogens (tertiary/aromatic N) is 2. The van der Waals surface area contributed by atoms with Gasteiger partial charge in [0.15, 0.2) is 0 Å². The first-order chi connectivity index (χ1) is 8.08. The maximum absolute atomic E-state index is 11.7. The van der Waals surface area contributed by atoms with Gasteiger partial charge in [-0.1, -0.05) is 0 Å². The number of hydrogen-bond acceptors (Lipinski definition) is 3. The van der Waals surface area contributed by atoms with Crippen LogP contribution >= 0.6 is 0 Å². The minimum Gasteiger partial charge on any atom is -0.481 e. The Morgan fingerprint density at radius 3 is 2.88 bits per heavy atom. The van der Waals surface area contributed by atoms with Gasteiger partial charge in [-0.25, -0.2) is 0 Å². The van der Waals surface area contributed by atoms with E-state index in [1.54, 1.807) is 10.9 Å². The molecule has 0 spiro atoms. The normalized spacial score (nSPS) is 24.1. The Morgan fingerprint density at radius 1 is 1.59 bits per heavy atom. The van der Waals surface area contributed by atoms with Gasteiger partial charge in [-0.3, -0.25) is 14.3 Å². The lowest BCUT2D eigenvalue weighted by molar-refractivity contribution is -0.140. The predicted molar refractivity (Wildman–Crippen MR) is 59.1 cm³/mol. The van der Waals surface area contributed by atoms with E-state index in [0.717, 1.165) is 0 Å². The van der Waals surface area contributed by atoms with E-state index in [-0.39, 0.29) is 17.9 Å². The van der Waals surface area contributed by atoms with Crippen LogP contribution < -0.4 is 5.32 Å². The molecular formula is C11H15N3O3. The van der Waals surface area contributed by atoms with Crippen LogP contribution in [0.2, 0.25) is 0 Å². The zero-order valence-corrected chi connectivity index (χ0v) is 9.54. The van der Waals surface area contributed by atoms with Gasteiger partial charge in [0, 0.05) is 18.4 Å². The molecule has 3 unspecified atom stereocenters. The van der Waals surface area contributed by atoms with Gasteiger partial charge in [-0.15, -0.1) is 0 Å². The number of carboxylic acids is 1. The first-order valence-corrected chi connectivity index (χ1v) is 5.58. The number of carbonyl (C=O) groups is 2. The molecule has 3 atom stereocenters. The molecule has 1 heterocycles. The van der Waals surface area contributed by atoms with Crippen molar-refractivity contribution in [3.63, 3.8) is 0 Å². The van der Waals surface area contributed by atoms with E-state index in [0.29, 0.717) is 13.0 Å². The molecule has 0 bridgehead atoms. The molecule has 2 N–H and O–H groups in total. The van der Waals surface area contributed by atoms with Crippen LogP contribution in [-0.4, -0.2) is 32.8 Å². The molecule has 1 fully saturated rings. The Labute approximate surface area is 98.6 Å². The fourth-order valence-corrected chi connectivity index (χ4v) is 1.84. The summed E-state index contributed by atoms with van der Waals surface area (Å²) in [7, 11) is 0. The van der Waals surface area contributed by atoms with Crippen LogP contribution in [0.15, 0.2) is 18.5 Å². The van der Waals surface area contributed by atoms with E-state index in [1.807, 2.05) is 19.2 Å². The average molecular weight is 237 g/mol. The standard InChI is InChI=1S/C11H15N3O3/c1-7(6-14-4-2-3-12-14)13-10(15)8-5-9(8)11(16)17/h2-4,7-9H,5-6H2,1H3,(H,13,15)(H,16,17). The fraction of sp³-hybridized carbons (Fsp3) is 0.545. The highest BCUT2D eigenvalue weighted by Gasteiger charge is 2.48. The van der Waals surface area contributed by atoms with E-state index in [9.17, 15) is 9.59 Å².